The van der Waals surface area contributed by atoms with Gasteiger partial charge in [-0.05, 0) is 43.2 Å². The molecule has 1 atom stereocenters. The highest BCUT2D eigenvalue weighted by Crippen LogP contribution is 2.30. The van der Waals surface area contributed by atoms with Gasteiger partial charge in [0, 0.05) is 25.8 Å². The summed E-state index contributed by atoms with van der Waals surface area (Å²) in [4.78, 5) is 14.4. The van der Waals surface area contributed by atoms with Crippen LogP contribution >= 0.6 is 0 Å². The molecule has 112 valence electrons. The first kappa shape index (κ1) is 14.3. The Morgan fingerprint density at radius 3 is 2.67 bits per heavy atom. The van der Waals surface area contributed by atoms with E-state index in [9.17, 15) is 4.79 Å². The number of amides is 1. The van der Waals surface area contributed by atoms with Gasteiger partial charge in [0.05, 0.1) is 6.10 Å². The average molecular weight is 285 g/mol. The summed E-state index contributed by atoms with van der Waals surface area (Å²) >= 11 is 0. The second-order valence-electron chi connectivity index (χ2n) is 6.07. The predicted molar refractivity (Wildman–Crippen MR) is 83.8 cm³/mol. The topological polar surface area (TPSA) is 29.5 Å². The van der Waals surface area contributed by atoms with Crippen LogP contribution in [-0.4, -0.2) is 36.6 Å². The molecule has 0 bridgehead atoms. The molecule has 1 aromatic carbocycles. The molecule has 0 aromatic heterocycles. The Balaban J connectivity index is 1.60. The molecule has 21 heavy (non-hydrogen) atoms. The molecule has 1 amide bonds. The van der Waals surface area contributed by atoms with E-state index in [1.54, 1.807) is 6.08 Å². The highest BCUT2D eigenvalue weighted by molar-refractivity contribution is 5.91. The maximum atomic E-state index is 12.5. The SMILES string of the molecule is O=C(/C=C/c1ccccc1)N(CC1CC1)CC1CCCO1. The number of nitrogens with zero attached hydrogens (tertiary/aromatic N) is 1. The summed E-state index contributed by atoms with van der Waals surface area (Å²) in [5.74, 6) is 0.821. The van der Waals surface area contributed by atoms with Crippen molar-refractivity contribution in [2.24, 2.45) is 5.92 Å². The summed E-state index contributed by atoms with van der Waals surface area (Å²) in [5, 5.41) is 0. The molecule has 1 aliphatic heterocycles. The summed E-state index contributed by atoms with van der Waals surface area (Å²) in [5.41, 5.74) is 1.06. The van der Waals surface area contributed by atoms with Gasteiger partial charge in [-0.25, -0.2) is 0 Å². The summed E-state index contributed by atoms with van der Waals surface area (Å²) in [6.45, 7) is 2.47. The predicted octanol–water partition coefficient (Wildman–Crippen LogP) is 3.12. The smallest absolute Gasteiger partial charge is 0.246 e. The molecule has 2 aliphatic rings. The van der Waals surface area contributed by atoms with Crippen LogP contribution in [0.4, 0.5) is 0 Å². The van der Waals surface area contributed by atoms with E-state index >= 15 is 0 Å². The van der Waals surface area contributed by atoms with Crippen LogP contribution in [0.15, 0.2) is 36.4 Å². The fraction of sp³-hybridized carbons (Fsp3) is 0.500. The fourth-order valence-corrected chi connectivity index (χ4v) is 2.74. The van der Waals surface area contributed by atoms with Crippen molar-refractivity contribution in [3.05, 3.63) is 42.0 Å². The van der Waals surface area contributed by atoms with Crippen LogP contribution in [0.1, 0.15) is 31.2 Å². The molecule has 1 saturated carbocycles. The minimum Gasteiger partial charge on any atom is -0.376 e. The van der Waals surface area contributed by atoms with Gasteiger partial charge in [-0.2, -0.15) is 0 Å². The van der Waals surface area contributed by atoms with Crippen molar-refractivity contribution >= 4 is 12.0 Å². The third-order valence-electron chi connectivity index (χ3n) is 4.15. The van der Waals surface area contributed by atoms with Crippen LogP contribution in [0, 0.1) is 5.92 Å². The van der Waals surface area contributed by atoms with E-state index < -0.39 is 0 Å². The number of carbonyl (C=O) groups is 1. The lowest BCUT2D eigenvalue weighted by atomic mass is 10.2. The fourth-order valence-electron chi connectivity index (χ4n) is 2.74. The average Bonchev–Trinajstić information content (AvgIpc) is 3.18. The molecular formula is C18H23NO2. The number of rotatable bonds is 6. The van der Waals surface area contributed by atoms with Crippen LogP contribution in [-0.2, 0) is 9.53 Å². The third-order valence-corrected chi connectivity index (χ3v) is 4.15. The standard InChI is InChI=1S/C18H23NO2/c20-18(11-10-15-5-2-1-3-6-15)19(13-16-8-9-16)14-17-7-4-12-21-17/h1-3,5-6,10-11,16-17H,4,7-9,12-14H2/b11-10+. The summed E-state index contributed by atoms with van der Waals surface area (Å²) < 4.78 is 5.68. The number of hydrogen-bond donors (Lipinski definition) is 0. The summed E-state index contributed by atoms with van der Waals surface area (Å²) in [7, 11) is 0. The third kappa shape index (κ3) is 4.43. The highest BCUT2D eigenvalue weighted by atomic mass is 16.5. The van der Waals surface area contributed by atoms with Gasteiger partial charge >= 0.3 is 0 Å². The summed E-state index contributed by atoms with van der Waals surface area (Å²) in [6.07, 6.45) is 8.56. The van der Waals surface area contributed by atoms with Crippen LogP contribution in [0.25, 0.3) is 6.08 Å². The molecule has 1 saturated heterocycles. The molecule has 0 radical (unpaired) electrons. The zero-order chi connectivity index (χ0) is 14.5. The largest absolute Gasteiger partial charge is 0.376 e. The van der Waals surface area contributed by atoms with Gasteiger partial charge in [-0.3, -0.25) is 4.79 Å². The zero-order valence-corrected chi connectivity index (χ0v) is 12.4. The highest BCUT2D eigenvalue weighted by Gasteiger charge is 2.28. The van der Waals surface area contributed by atoms with Crippen molar-refractivity contribution in [3.63, 3.8) is 0 Å². The molecule has 3 heteroatoms. The zero-order valence-electron chi connectivity index (χ0n) is 12.4. The van der Waals surface area contributed by atoms with Gasteiger partial charge in [0.2, 0.25) is 5.91 Å². The van der Waals surface area contributed by atoms with E-state index in [4.69, 9.17) is 4.74 Å². The number of benzene rings is 1. The molecule has 1 aliphatic carbocycles. The normalized spacial score (nSPS) is 21.8. The Kier molecular flexibility index (Phi) is 4.71. The van der Waals surface area contributed by atoms with Crippen molar-refractivity contribution in [2.75, 3.05) is 19.7 Å². The van der Waals surface area contributed by atoms with Crippen LogP contribution < -0.4 is 0 Å². The molecule has 1 heterocycles. The van der Waals surface area contributed by atoms with E-state index in [0.717, 1.165) is 38.1 Å². The van der Waals surface area contributed by atoms with Crippen molar-refractivity contribution in [1.29, 1.82) is 0 Å². The number of carbonyl (C=O) groups excluding carboxylic acids is 1. The van der Waals surface area contributed by atoms with E-state index in [2.05, 4.69) is 0 Å². The lowest BCUT2D eigenvalue weighted by Crippen LogP contribution is -2.37. The van der Waals surface area contributed by atoms with Crippen LogP contribution in [0.3, 0.4) is 0 Å². The molecule has 0 N–H and O–H groups in total. The first-order valence-electron chi connectivity index (χ1n) is 7.95. The Labute approximate surface area is 126 Å². The molecule has 0 spiro atoms. The van der Waals surface area contributed by atoms with Crippen molar-refractivity contribution in [2.45, 2.75) is 31.8 Å². The first-order chi connectivity index (χ1) is 10.3. The van der Waals surface area contributed by atoms with E-state index in [-0.39, 0.29) is 12.0 Å². The quantitative estimate of drug-likeness (QED) is 0.752. The van der Waals surface area contributed by atoms with E-state index in [1.165, 1.54) is 12.8 Å². The van der Waals surface area contributed by atoms with Gasteiger partial charge in [0.25, 0.3) is 0 Å². The Hall–Kier alpha value is -1.61. The van der Waals surface area contributed by atoms with Gasteiger partial charge < -0.3 is 9.64 Å². The Morgan fingerprint density at radius 1 is 1.19 bits per heavy atom. The lowest BCUT2D eigenvalue weighted by Gasteiger charge is -2.24. The second-order valence-corrected chi connectivity index (χ2v) is 6.07. The van der Waals surface area contributed by atoms with Crippen LogP contribution in [0.5, 0.6) is 0 Å². The maximum Gasteiger partial charge on any atom is 0.246 e. The van der Waals surface area contributed by atoms with Gasteiger partial charge in [-0.1, -0.05) is 30.3 Å². The number of ether oxygens (including phenoxy) is 1. The summed E-state index contributed by atoms with van der Waals surface area (Å²) in [6, 6.07) is 9.97. The van der Waals surface area contributed by atoms with Crippen molar-refractivity contribution in [3.8, 4) is 0 Å². The molecule has 2 fully saturated rings. The molecule has 1 unspecified atom stereocenters. The van der Waals surface area contributed by atoms with Gasteiger partial charge in [0.1, 0.15) is 0 Å². The minimum absolute atomic E-state index is 0.112. The Morgan fingerprint density at radius 2 is 2.00 bits per heavy atom. The van der Waals surface area contributed by atoms with E-state index in [0.29, 0.717) is 5.92 Å². The van der Waals surface area contributed by atoms with Crippen molar-refractivity contribution in [1.82, 2.24) is 4.90 Å². The minimum atomic E-state index is 0.112. The number of hydrogen-bond acceptors (Lipinski definition) is 2. The second kappa shape index (κ2) is 6.90. The molecule has 3 rings (SSSR count). The van der Waals surface area contributed by atoms with Gasteiger partial charge in [0.15, 0.2) is 0 Å². The molecular weight excluding hydrogens is 262 g/mol. The maximum absolute atomic E-state index is 12.5. The lowest BCUT2D eigenvalue weighted by molar-refractivity contribution is -0.127. The van der Waals surface area contributed by atoms with Crippen LogP contribution in [0.2, 0.25) is 0 Å². The monoisotopic (exact) mass is 285 g/mol. The first-order valence-corrected chi connectivity index (χ1v) is 7.95. The van der Waals surface area contributed by atoms with E-state index in [1.807, 2.05) is 41.3 Å². The van der Waals surface area contributed by atoms with Crippen molar-refractivity contribution < 1.29 is 9.53 Å². The Bertz CT molecular complexity index is 487. The molecule has 1 aromatic rings. The molecule has 3 nitrogen and oxygen atoms in total. The van der Waals surface area contributed by atoms with Gasteiger partial charge in [-0.15, -0.1) is 0 Å².